The van der Waals surface area contributed by atoms with Crippen LogP contribution in [0.1, 0.15) is 0 Å². The molecule has 0 unspecified atom stereocenters. The lowest BCUT2D eigenvalue weighted by Gasteiger charge is -2.13. The standard InChI is InChI=1S/C23H15NO2S2/c25-23-20-16(9-4-10-17(20)24-15-7-2-1-3-8-15)21(18-11-5-13-27-18)22(26-23)19-12-6-14-28-19/h1-14,24H. The fourth-order valence-corrected chi connectivity index (χ4v) is 4.82. The van der Waals surface area contributed by atoms with Crippen LogP contribution in [0.4, 0.5) is 11.4 Å². The van der Waals surface area contributed by atoms with Gasteiger partial charge in [-0.15, -0.1) is 22.7 Å². The Kier molecular flexibility index (Phi) is 4.31. The van der Waals surface area contributed by atoms with E-state index in [1.165, 1.54) is 0 Å². The molecule has 0 saturated carbocycles. The second-order valence-corrected chi connectivity index (χ2v) is 8.16. The zero-order valence-corrected chi connectivity index (χ0v) is 16.3. The van der Waals surface area contributed by atoms with Gasteiger partial charge in [-0.05, 0) is 41.1 Å². The Morgan fingerprint density at radius 1 is 0.750 bits per heavy atom. The molecule has 5 aromatic rings. The molecule has 0 aliphatic carbocycles. The van der Waals surface area contributed by atoms with Gasteiger partial charge in [-0.2, -0.15) is 0 Å². The van der Waals surface area contributed by atoms with Crippen LogP contribution in [-0.2, 0) is 0 Å². The van der Waals surface area contributed by atoms with Crippen LogP contribution in [0.3, 0.4) is 0 Å². The average Bonchev–Trinajstić information content (AvgIpc) is 3.43. The van der Waals surface area contributed by atoms with E-state index in [4.69, 9.17) is 4.42 Å². The number of fused-ring (bicyclic) bond motifs is 1. The van der Waals surface area contributed by atoms with E-state index in [9.17, 15) is 4.79 Å². The van der Waals surface area contributed by atoms with E-state index in [2.05, 4.69) is 11.4 Å². The molecule has 0 atom stereocenters. The van der Waals surface area contributed by atoms with E-state index < -0.39 is 0 Å². The van der Waals surface area contributed by atoms with Crippen LogP contribution in [0.5, 0.6) is 0 Å². The molecule has 0 aliphatic rings. The van der Waals surface area contributed by atoms with Crippen LogP contribution in [0.2, 0.25) is 0 Å². The molecule has 28 heavy (non-hydrogen) atoms. The second-order valence-electron chi connectivity index (χ2n) is 6.27. The van der Waals surface area contributed by atoms with Crippen molar-refractivity contribution in [3.8, 4) is 21.1 Å². The van der Waals surface area contributed by atoms with Crippen LogP contribution >= 0.6 is 22.7 Å². The van der Waals surface area contributed by atoms with Gasteiger partial charge in [-0.25, -0.2) is 4.79 Å². The van der Waals surface area contributed by atoms with E-state index in [1.807, 2.05) is 77.5 Å². The maximum Gasteiger partial charge on any atom is 0.346 e. The number of rotatable bonds is 4. The molecular formula is C23H15NO2S2. The third-order valence-electron chi connectivity index (χ3n) is 4.53. The minimum Gasteiger partial charge on any atom is -0.421 e. The van der Waals surface area contributed by atoms with Crippen molar-refractivity contribution < 1.29 is 4.42 Å². The molecule has 0 saturated heterocycles. The first-order valence-electron chi connectivity index (χ1n) is 8.81. The van der Waals surface area contributed by atoms with Gasteiger partial charge in [-0.1, -0.05) is 42.5 Å². The first-order chi connectivity index (χ1) is 13.8. The first kappa shape index (κ1) is 17.0. The molecule has 5 heteroatoms. The Labute approximate surface area is 169 Å². The fourth-order valence-electron chi connectivity index (χ4n) is 3.33. The van der Waals surface area contributed by atoms with E-state index in [1.54, 1.807) is 22.7 Å². The van der Waals surface area contributed by atoms with Gasteiger partial charge in [0.25, 0.3) is 0 Å². The maximum atomic E-state index is 13.0. The summed E-state index contributed by atoms with van der Waals surface area (Å²) in [7, 11) is 0. The molecule has 0 radical (unpaired) electrons. The molecule has 136 valence electrons. The van der Waals surface area contributed by atoms with Gasteiger partial charge in [0, 0.05) is 21.5 Å². The molecule has 0 amide bonds. The Morgan fingerprint density at radius 3 is 2.21 bits per heavy atom. The van der Waals surface area contributed by atoms with Crippen molar-refractivity contribution in [3.05, 3.63) is 94.0 Å². The number of nitrogens with one attached hydrogen (secondary N) is 1. The third-order valence-corrected chi connectivity index (χ3v) is 6.28. The molecule has 0 spiro atoms. The highest BCUT2D eigenvalue weighted by Gasteiger charge is 2.20. The van der Waals surface area contributed by atoms with Gasteiger partial charge in [0.1, 0.15) is 0 Å². The van der Waals surface area contributed by atoms with Crippen molar-refractivity contribution >= 4 is 44.8 Å². The quantitative estimate of drug-likeness (QED) is 0.353. The van der Waals surface area contributed by atoms with Gasteiger partial charge >= 0.3 is 5.63 Å². The molecule has 3 aromatic heterocycles. The van der Waals surface area contributed by atoms with Gasteiger partial charge in [0.2, 0.25) is 0 Å². The molecule has 5 rings (SSSR count). The smallest absolute Gasteiger partial charge is 0.346 e. The highest BCUT2D eigenvalue weighted by atomic mass is 32.1. The molecule has 1 N–H and O–H groups in total. The highest BCUT2D eigenvalue weighted by Crippen LogP contribution is 2.41. The summed E-state index contributed by atoms with van der Waals surface area (Å²) in [6.07, 6.45) is 0. The summed E-state index contributed by atoms with van der Waals surface area (Å²) in [6, 6.07) is 23.7. The van der Waals surface area contributed by atoms with Crippen molar-refractivity contribution in [1.82, 2.24) is 0 Å². The number of hydrogen-bond donors (Lipinski definition) is 1. The lowest BCUT2D eigenvalue weighted by atomic mass is 10.0. The monoisotopic (exact) mass is 401 g/mol. The van der Waals surface area contributed by atoms with Crippen LogP contribution in [0.15, 0.2) is 92.8 Å². The van der Waals surface area contributed by atoms with Gasteiger partial charge in [-0.3, -0.25) is 0 Å². The predicted octanol–water partition coefficient (Wildman–Crippen LogP) is 6.99. The van der Waals surface area contributed by atoms with Crippen molar-refractivity contribution in [2.24, 2.45) is 0 Å². The zero-order chi connectivity index (χ0) is 18.9. The second kappa shape index (κ2) is 7.11. The average molecular weight is 402 g/mol. The molecule has 0 bridgehead atoms. The lowest BCUT2D eigenvalue weighted by molar-refractivity contribution is 0.538. The van der Waals surface area contributed by atoms with Gasteiger partial charge < -0.3 is 9.73 Å². The molecule has 3 heterocycles. The minimum atomic E-state index is -0.335. The number of para-hydroxylation sites is 1. The van der Waals surface area contributed by atoms with Crippen molar-refractivity contribution in [2.45, 2.75) is 0 Å². The fraction of sp³-hybridized carbons (Fsp3) is 0. The Morgan fingerprint density at radius 2 is 1.50 bits per heavy atom. The van der Waals surface area contributed by atoms with E-state index in [-0.39, 0.29) is 5.63 Å². The number of thiophene rings is 2. The third kappa shape index (κ3) is 2.95. The normalized spacial score (nSPS) is 11.0. The number of hydrogen-bond acceptors (Lipinski definition) is 5. The number of anilines is 2. The van der Waals surface area contributed by atoms with Crippen molar-refractivity contribution in [3.63, 3.8) is 0 Å². The highest BCUT2D eigenvalue weighted by molar-refractivity contribution is 7.14. The van der Waals surface area contributed by atoms with Crippen molar-refractivity contribution in [2.75, 3.05) is 5.32 Å². The van der Waals surface area contributed by atoms with Crippen molar-refractivity contribution in [1.29, 1.82) is 0 Å². The summed E-state index contributed by atoms with van der Waals surface area (Å²) in [5.74, 6) is 0.631. The summed E-state index contributed by atoms with van der Waals surface area (Å²) in [6.45, 7) is 0. The van der Waals surface area contributed by atoms with E-state index >= 15 is 0 Å². The summed E-state index contributed by atoms with van der Waals surface area (Å²) >= 11 is 3.21. The molecule has 0 aliphatic heterocycles. The molecule has 0 fully saturated rings. The SMILES string of the molecule is O=c1oc(-c2cccs2)c(-c2cccs2)c2cccc(Nc3ccccc3)c12. The van der Waals surface area contributed by atoms with Gasteiger partial charge in [0.05, 0.1) is 16.0 Å². The Balaban J connectivity index is 1.81. The predicted molar refractivity (Wildman–Crippen MR) is 119 cm³/mol. The topological polar surface area (TPSA) is 42.2 Å². The summed E-state index contributed by atoms with van der Waals surface area (Å²) in [5.41, 5.74) is 2.30. The Hall–Kier alpha value is -3.15. The lowest BCUT2D eigenvalue weighted by Crippen LogP contribution is -2.05. The summed E-state index contributed by atoms with van der Waals surface area (Å²) in [4.78, 5) is 15.1. The minimum absolute atomic E-state index is 0.335. The molecule has 2 aromatic carbocycles. The first-order valence-corrected chi connectivity index (χ1v) is 10.6. The number of benzene rings is 2. The van der Waals surface area contributed by atoms with Crippen LogP contribution < -0.4 is 10.9 Å². The zero-order valence-electron chi connectivity index (χ0n) is 14.7. The van der Waals surface area contributed by atoms with Gasteiger partial charge in [0.15, 0.2) is 5.76 Å². The van der Waals surface area contributed by atoms with E-state index in [0.717, 1.165) is 32.1 Å². The largest absolute Gasteiger partial charge is 0.421 e. The Bertz CT molecular complexity index is 1290. The maximum absolute atomic E-state index is 13.0. The van der Waals surface area contributed by atoms with Crippen LogP contribution in [-0.4, -0.2) is 0 Å². The summed E-state index contributed by atoms with van der Waals surface area (Å²) in [5, 5.41) is 8.85. The summed E-state index contributed by atoms with van der Waals surface area (Å²) < 4.78 is 5.89. The molecular weight excluding hydrogens is 386 g/mol. The van der Waals surface area contributed by atoms with E-state index in [0.29, 0.717) is 11.1 Å². The van der Waals surface area contributed by atoms with Crippen LogP contribution in [0.25, 0.3) is 31.9 Å². The molecule has 3 nitrogen and oxygen atoms in total. The van der Waals surface area contributed by atoms with Crippen LogP contribution in [0, 0.1) is 0 Å².